The lowest BCUT2D eigenvalue weighted by Crippen LogP contribution is -2.47. The van der Waals surface area contributed by atoms with Crippen LogP contribution in [0.3, 0.4) is 0 Å². The lowest BCUT2D eigenvalue weighted by atomic mass is 10.0. The first-order valence-corrected chi connectivity index (χ1v) is 5.21. The predicted molar refractivity (Wildman–Crippen MR) is 59.0 cm³/mol. The van der Waals surface area contributed by atoms with Crippen LogP contribution >= 0.6 is 0 Å². The summed E-state index contributed by atoms with van der Waals surface area (Å²) in [5, 5.41) is 12.7. The second-order valence-corrected chi connectivity index (χ2v) is 4.17. The van der Waals surface area contributed by atoms with E-state index in [2.05, 4.69) is 14.7 Å². The summed E-state index contributed by atoms with van der Waals surface area (Å²) in [6, 6.07) is 5.74. The Kier molecular flexibility index (Phi) is 2.97. The molecule has 1 aromatic carbocycles. The minimum absolute atomic E-state index is 0.0600. The number of phenolic OH excluding ortho intramolecular Hbond substituents is 1. The molecule has 2 aromatic rings. The number of phenols is 1. The van der Waals surface area contributed by atoms with Crippen molar-refractivity contribution in [2.45, 2.75) is 18.6 Å². The van der Waals surface area contributed by atoms with E-state index in [0.717, 1.165) is 6.92 Å². The maximum atomic E-state index is 12.7. The summed E-state index contributed by atoms with van der Waals surface area (Å²) in [5.41, 5.74) is 2.77. The van der Waals surface area contributed by atoms with Gasteiger partial charge in [-0.2, -0.15) is 18.2 Å². The van der Waals surface area contributed by atoms with E-state index in [9.17, 15) is 18.3 Å². The van der Waals surface area contributed by atoms with Crippen LogP contribution < -0.4 is 5.73 Å². The molecule has 5 nitrogen and oxygen atoms in total. The molecule has 1 unspecified atom stereocenters. The zero-order valence-corrected chi connectivity index (χ0v) is 9.77. The van der Waals surface area contributed by atoms with Gasteiger partial charge in [0, 0.05) is 5.56 Å². The first-order chi connectivity index (χ1) is 8.72. The third kappa shape index (κ3) is 2.39. The summed E-state index contributed by atoms with van der Waals surface area (Å²) in [7, 11) is 0. The summed E-state index contributed by atoms with van der Waals surface area (Å²) < 4.78 is 42.7. The van der Waals surface area contributed by atoms with Crippen molar-refractivity contribution in [2.24, 2.45) is 5.73 Å². The molecule has 1 atom stereocenters. The van der Waals surface area contributed by atoms with Gasteiger partial charge in [-0.05, 0) is 19.1 Å². The largest absolute Gasteiger partial charge is 0.508 e. The van der Waals surface area contributed by atoms with Crippen LogP contribution in [-0.2, 0) is 5.54 Å². The Morgan fingerprint density at radius 2 is 2.00 bits per heavy atom. The number of alkyl halides is 3. The van der Waals surface area contributed by atoms with Crippen molar-refractivity contribution in [1.82, 2.24) is 10.1 Å². The van der Waals surface area contributed by atoms with E-state index in [1.807, 2.05) is 0 Å². The number of hydrogen-bond donors (Lipinski definition) is 2. The Bertz CT molecular complexity index is 593. The first-order valence-electron chi connectivity index (χ1n) is 5.21. The van der Waals surface area contributed by atoms with E-state index in [-0.39, 0.29) is 11.6 Å². The van der Waals surface area contributed by atoms with Gasteiger partial charge in [-0.1, -0.05) is 17.3 Å². The highest BCUT2D eigenvalue weighted by Gasteiger charge is 2.53. The molecule has 0 fully saturated rings. The van der Waals surface area contributed by atoms with Crippen molar-refractivity contribution in [3.05, 3.63) is 30.2 Å². The number of hydrogen-bond acceptors (Lipinski definition) is 5. The molecule has 8 heteroatoms. The number of nitrogens with zero attached hydrogens (tertiary/aromatic N) is 2. The van der Waals surface area contributed by atoms with Crippen LogP contribution in [0.1, 0.15) is 12.8 Å². The van der Waals surface area contributed by atoms with Crippen LogP contribution in [0.4, 0.5) is 13.2 Å². The van der Waals surface area contributed by atoms with E-state index in [1.165, 1.54) is 24.3 Å². The molecule has 3 N–H and O–H groups in total. The van der Waals surface area contributed by atoms with E-state index < -0.39 is 17.6 Å². The standard InChI is InChI=1S/C11H10F3N3O2/c1-10(15,11(12,13)14)9-16-8(17-19-9)6-3-2-4-7(18)5-6/h2-5,18H,15H2,1H3. The minimum Gasteiger partial charge on any atom is -0.508 e. The molecule has 102 valence electrons. The lowest BCUT2D eigenvalue weighted by molar-refractivity contribution is -0.190. The summed E-state index contributed by atoms with van der Waals surface area (Å²) in [4.78, 5) is 3.63. The molecule has 19 heavy (non-hydrogen) atoms. The Labute approximate surface area is 105 Å². The Morgan fingerprint density at radius 3 is 2.58 bits per heavy atom. The summed E-state index contributed by atoms with van der Waals surface area (Å²) in [6.45, 7) is 0.743. The Morgan fingerprint density at radius 1 is 1.32 bits per heavy atom. The minimum atomic E-state index is -4.71. The monoisotopic (exact) mass is 273 g/mol. The van der Waals surface area contributed by atoms with Crippen LogP contribution in [0.15, 0.2) is 28.8 Å². The van der Waals surface area contributed by atoms with Gasteiger partial charge in [0.25, 0.3) is 5.89 Å². The highest BCUT2D eigenvalue weighted by Crippen LogP contribution is 2.36. The molecule has 0 aliphatic rings. The van der Waals surface area contributed by atoms with Crippen molar-refractivity contribution >= 4 is 0 Å². The Balaban J connectivity index is 2.40. The zero-order valence-electron chi connectivity index (χ0n) is 9.77. The molecule has 0 aliphatic carbocycles. The predicted octanol–water partition coefficient (Wildman–Crippen LogP) is 2.18. The highest BCUT2D eigenvalue weighted by atomic mass is 19.4. The fourth-order valence-electron chi connectivity index (χ4n) is 1.32. The maximum absolute atomic E-state index is 12.7. The van der Waals surface area contributed by atoms with Gasteiger partial charge in [-0.25, -0.2) is 0 Å². The topological polar surface area (TPSA) is 85.2 Å². The molecule has 0 radical (unpaired) electrons. The summed E-state index contributed by atoms with van der Waals surface area (Å²) in [6.07, 6.45) is -4.71. The maximum Gasteiger partial charge on any atom is 0.415 e. The molecule has 0 amide bonds. The van der Waals surface area contributed by atoms with Crippen molar-refractivity contribution in [3.8, 4) is 17.1 Å². The lowest BCUT2D eigenvalue weighted by Gasteiger charge is -2.22. The van der Waals surface area contributed by atoms with Crippen LogP contribution in [0.2, 0.25) is 0 Å². The zero-order chi connectivity index (χ0) is 14.3. The fraction of sp³-hybridized carbons (Fsp3) is 0.273. The van der Waals surface area contributed by atoms with Crippen molar-refractivity contribution < 1.29 is 22.8 Å². The number of benzene rings is 1. The molecule has 1 aromatic heterocycles. The average molecular weight is 273 g/mol. The molecular formula is C11H10F3N3O2. The van der Waals surface area contributed by atoms with Crippen LogP contribution in [0, 0.1) is 0 Å². The average Bonchev–Trinajstić information content (AvgIpc) is 2.77. The number of rotatable bonds is 2. The van der Waals surface area contributed by atoms with Crippen LogP contribution in [-0.4, -0.2) is 21.4 Å². The number of aromatic nitrogens is 2. The van der Waals surface area contributed by atoms with Gasteiger partial charge in [0.2, 0.25) is 5.82 Å². The highest BCUT2D eigenvalue weighted by molar-refractivity contribution is 5.56. The number of halogens is 3. The van der Waals surface area contributed by atoms with E-state index >= 15 is 0 Å². The summed E-state index contributed by atoms with van der Waals surface area (Å²) in [5.74, 6) is -0.875. The quantitative estimate of drug-likeness (QED) is 0.875. The number of aromatic hydroxyl groups is 1. The third-order valence-corrected chi connectivity index (χ3v) is 2.56. The van der Waals surface area contributed by atoms with Gasteiger partial charge in [0.1, 0.15) is 5.75 Å². The molecule has 0 spiro atoms. The van der Waals surface area contributed by atoms with Crippen molar-refractivity contribution in [2.75, 3.05) is 0 Å². The van der Waals surface area contributed by atoms with Crippen LogP contribution in [0.25, 0.3) is 11.4 Å². The van der Waals surface area contributed by atoms with E-state index in [4.69, 9.17) is 5.73 Å². The number of nitrogens with two attached hydrogens (primary N) is 1. The van der Waals surface area contributed by atoms with Gasteiger partial charge in [-0.15, -0.1) is 0 Å². The molecule has 1 heterocycles. The SMILES string of the molecule is CC(N)(c1nc(-c2cccc(O)c2)no1)C(F)(F)F. The molecule has 0 saturated heterocycles. The van der Waals surface area contributed by atoms with Gasteiger partial charge < -0.3 is 15.4 Å². The Hall–Kier alpha value is -2.09. The molecule has 0 bridgehead atoms. The fourth-order valence-corrected chi connectivity index (χ4v) is 1.32. The third-order valence-electron chi connectivity index (χ3n) is 2.56. The van der Waals surface area contributed by atoms with Gasteiger partial charge >= 0.3 is 6.18 Å². The van der Waals surface area contributed by atoms with Crippen LogP contribution in [0.5, 0.6) is 5.75 Å². The van der Waals surface area contributed by atoms with Gasteiger partial charge in [0.05, 0.1) is 0 Å². The second kappa shape index (κ2) is 4.23. The smallest absolute Gasteiger partial charge is 0.415 e. The van der Waals surface area contributed by atoms with Crippen molar-refractivity contribution in [3.63, 3.8) is 0 Å². The molecule has 0 saturated carbocycles. The summed E-state index contributed by atoms with van der Waals surface area (Å²) >= 11 is 0. The first kappa shape index (κ1) is 13.3. The van der Waals surface area contributed by atoms with E-state index in [1.54, 1.807) is 0 Å². The van der Waals surface area contributed by atoms with E-state index in [0.29, 0.717) is 5.56 Å². The normalized spacial score (nSPS) is 15.2. The van der Waals surface area contributed by atoms with Gasteiger partial charge in [-0.3, -0.25) is 0 Å². The molecule has 2 rings (SSSR count). The molecule has 0 aliphatic heterocycles. The van der Waals surface area contributed by atoms with Gasteiger partial charge in [0.15, 0.2) is 5.54 Å². The second-order valence-electron chi connectivity index (χ2n) is 4.17. The molecular weight excluding hydrogens is 263 g/mol. The van der Waals surface area contributed by atoms with Crippen molar-refractivity contribution in [1.29, 1.82) is 0 Å².